The fourth-order valence-electron chi connectivity index (χ4n) is 2.25. The van der Waals surface area contributed by atoms with Crippen LogP contribution in [0.15, 0.2) is 24.4 Å². The zero-order valence-corrected chi connectivity index (χ0v) is 12.5. The summed E-state index contributed by atoms with van der Waals surface area (Å²) in [6, 6.07) is 3.50. The number of carbonyl (C=O) groups excluding carboxylic acids is 1. The Labute approximate surface area is 130 Å². The van der Waals surface area contributed by atoms with Gasteiger partial charge in [-0.05, 0) is 18.1 Å². The van der Waals surface area contributed by atoms with E-state index >= 15 is 0 Å². The van der Waals surface area contributed by atoms with Gasteiger partial charge in [-0.3, -0.25) is 4.79 Å². The molecule has 0 bridgehead atoms. The Morgan fingerprint density at radius 3 is 3.05 bits per heavy atom. The van der Waals surface area contributed by atoms with Crippen LogP contribution in [0.2, 0.25) is 0 Å². The molecule has 1 aromatic heterocycles. The predicted octanol–water partition coefficient (Wildman–Crippen LogP) is 2.99. The summed E-state index contributed by atoms with van der Waals surface area (Å²) in [6.45, 7) is 1.04. The highest BCUT2D eigenvalue weighted by molar-refractivity contribution is 7.15. The number of halogens is 2. The van der Waals surface area contributed by atoms with E-state index in [0.717, 1.165) is 10.9 Å². The highest BCUT2D eigenvalue weighted by Crippen LogP contribution is 2.24. The summed E-state index contributed by atoms with van der Waals surface area (Å²) >= 11 is 1.28. The number of rotatable bonds is 4. The predicted molar refractivity (Wildman–Crippen MR) is 78.8 cm³/mol. The van der Waals surface area contributed by atoms with Gasteiger partial charge in [0.1, 0.15) is 11.6 Å². The quantitative estimate of drug-likeness (QED) is 0.941. The van der Waals surface area contributed by atoms with Crippen LogP contribution in [0.3, 0.4) is 0 Å². The lowest BCUT2D eigenvalue weighted by Crippen LogP contribution is -2.22. The summed E-state index contributed by atoms with van der Waals surface area (Å²) in [6.07, 6.45) is 2.62. The topological polar surface area (TPSA) is 51.2 Å². The molecule has 1 aliphatic rings. The van der Waals surface area contributed by atoms with Crippen molar-refractivity contribution in [3.05, 3.63) is 46.5 Å². The van der Waals surface area contributed by atoms with Crippen molar-refractivity contribution in [2.75, 3.05) is 18.5 Å². The number of benzene rings is 1. The van der Waals surface area contributed by atoms with Gasteiger partial charge in [-0.1, -0.05) is 6.07 Å². The number of hydrogen-bond acceptors (Lipinski definition) is 4. The molecule has 7 heteroatoms. The Hall–Kier alpha value is -1.86. The minimum absolute atomic E-state index is 0.105. The Bertz CT molecular complexity index is 684. The molecule has 0 saturated carbocycles. The van der Waals surface area contributed by atoms with Crippen molar-refractivity contribution in [3.63, 3.8) is 0 Å². The van der Waals surface area contributed by atoms with Gasteiger partial charge in [0.25, 0.3) is 0 Å². The van der Waals surface area contributed by atoms with Crippen molar-refractivity contribution < 1.29 is 18.3 Å². The third-order valence-electron chi connectivity index (χ3n) is 3.46. The SMILES string of the molecule is O=C(Nc1ncc(Cc2ccc(F)cc2F)s1)C1CCOC1. The van der Waals surface area contributed by atoms with Gasteiger partial charge in [-0.2, -0.15) is 0 Å². The van der Waals surface area contributed by atoms with Crippen LogP contribution in [0.1, 0.15) is 16.9 Å². The molecule has 1 fully saturated rings. The van der Waals surface area contributed by atoms with Crippen molar-refractivity contribution in [1.82, 2.24) is 4.98 Å². The van der Waals surface area contributed by atoms with E-state index in [1.165, 1.54) is 23.5 Å². The molecule has 1 unspecified atom stereocenters. The highest BCUT2D eigenvalue weighted by atomic mass is 32.1. The zero-order chi connectivity index (χ0) is 15.5. The number of anilines is 1. The molecular formula is C15H14F2N2O2S. The monoisotopic (exact) mass is 324 g/mol. The van der Waals surface area contributed by atoms with Gasteiger partial charge in [-0.15, -0.1) is 11.3 Å². The number of aromatic nitrogens is 1. The molecule has 0 radical (unpaired) electrons. The maximum absolute atomic E-state index is 13.6. The first-order chi connectivity index (χ1) is 10.6. The number of amides is 1. The summed E-state index contributed by atoms with van der Waals surface area (Å²) in [4.78, 5) is 16.9. The fraction of sp³-hybridized carbons (Fsp3) is 0.333. The van der Waals surface area contributed by atoms with Crippen LogP contribution in [0.5, 0.6) is 0 Å². The highest BCUT2D eigenvalue weighted by Gasteiger charge is 2.24. The van der Waals surface area contributed by atoms with E-state index in [9.17, 15) is 13.6 Å². The molecule has 116 valence electrons. The third-order valence-corrected chi connectivity index (χ3v) is 4.38. The Morgan fingerprint density at radius 2 is 2.32 bits per heavy atom. The zero-order valence-electron chi connectivity index (χ0n) is 11.6. The smallest absolute Gasteiger partial charge is 0.231 e. The van der Waals surface area contributed by atoms with Crippen molar-refractivity contribution in [2.24, 2.45) is 5.92 Å². The molecule has 0 aliphatic carbocycles. The van der Waals surface area contributed by atoms with Gasteiger partial charge in [0.05, 0.1) is 12.5 Å². The van der Waals surface area contributed by atoms with Crippen LogP contribution in [-0.2, 0) is 16.0 Å². The van der Waals surface area contributed by atoms with Crippen LogP contribution >= 0.6 is 11.3 Å². The molecule has 1 N–H and O–H groups in total. The maximum atomic E-state index is 13.6. The van der Waals surface area contributed by atoms with Crippen molar-refractivity contribution in [3.8, 4) is 0 Å². The lowest BCUT2D eigenvalue weighted by molar-refractivity contribution is -0.119. The van der Waals surface area contributed by atoms with Gasteiger partial charge in [0.15, 0.2) is 5.13 Å². The van der Waals surface area contributed by atoms with Gasteiger partial charge in [0, 0.05) is 30.2 Å². The lowest BCUT2D eigenvalue weighted by Gasteiger charge is -2.05. The summed E-state index contributed by atoms with van der Waals surface area (Å²) in [5.74, 6) is -1.42. The van der Waals surface area contributed by atoms with Crippen molar-refractivity contribution in [2.45, 2.75) is 12.8 Å². The second-order valence-corrected chi connectivity index (χ2v) is 6.21. The fourth-order valence-corrected chi connectivity index (χ4v) is 3.09. The van der Waals surface area contributed by atoms with Crippen LogP contribution in [0.4, 0.5) is 13.9 Å². The Balaban J connectivity index is 1.64. The Kier molecular flexibility index (Phi) is 4.44. The van der Waals surface area contributed by atoms with Crippen LogP contribution < -0.4 is 5.32 Å². The summed E-state index contributed by atoms with van der Waals surface area (Å²) in [5.41, 5.74) is 0.395. The second-order valence-electron chi connectivity index (χ2n) is 5.09. The molecule has 2 aromatic rings. The Morgan fingerprint density at radius 1 is 1.45 bits per heavy atom. The molecule has 2 heterocycles. The first kappa shape index (κ1) is 15.1. The molecule has 1 aliphatic heterocycles. The summed E-state index contributed by atoms with van der Waals surface area (Å²) in [7, 11) is 0. The largest absolute Gasteiger partial charge is 0.381 e. The van der Waals surface area contributed by atoms with E-state index in [1.54, 1.807) is 6.20 Å². The van der Waals surface area contributed by atoms with Crippen LogP contribution in [-0.4, -0.2) is 24.1 Å². The normalized spacial score (nSPS) is 17.6. The maximum Gasteiger partial charge on any atom is 0.231 e. The van der Waals surface area contributed by atoms with E-state index in [0.29, 0.717) is 36.8 Å². The van der Waals surface area contributed by atoms with Crippen LogP contribution in [0.25, 0.3) is 0 Å². The van der Waals surface area contributed by atoms with Crippen molar-refractivity contribution >= 4 is 22.4 Å². The number of nitrogens with one attached hydrogen (secondary N) is 1. The van der Waals surface area contributed by atoms with Crippen molar-refractivity contribution in [1.29, 1.82) is 0 Å². The molecule has 1 amide bonds. The molecular weight excluding hydrogens is 310 g/mol. The van der Waals surface area contributed by atoms with Gasteiger partial charge in [0.2, 0.25) is 5.91 Å². The first-order valence-corrected chi connectivity index (χ1v) is 7.70. The average molecular weight is 324 g/mol. The average Bonchev–Trinajstić information content (AvgIpc) is 3.13. The number of hydrogen-bond donors (Lipinski definition) is 1. The van der Waals surface area contributed by atoms with E-state index < -0.39 is 11.6 Å². The number of carbonyl (C=O) groups is 1. The molecule has 1 saturated heterocycles. The van der Waals surface area contributed by atoms with Gasteiger partial charge < -0.3 is 10.1 Å². The van der Waals surface area contributed by atoms with E-state index in [2.05, 4.69) is 10.3 Å². The van der Waals surface area contributed by atoms with E-state index in [4.69, 9.17) is 4.74 Å². The van der Waals surface area contributed by atoms with Gasteiger partial charge >= 0.3 is 0 Å². The number of ether oxygens (including phenoxy) is 1. The summed E-state index contributed by atoms with van der Waals surface area (Å²) in [5, 5.41) is 3.23. The minimum atomic E-state index is -0.600. The van der Waals surface area contributed by atoms with E-state index in [-0.39, 0.29) is 11.8 Å². The first-order valence-electron chi connectivity index (χ1n) is 6.89. The molecule has 4 nitrogen and oxygen atoms in total. The molecule has 3 rings (SSSR count). The van der Waals surface area contributed by atoms with Gasteiger partial charge in [-0.25, -0.2) is 13.8 Å². The van der Waals surface area contributed by atoms with E-state index in [1.807, 2.05) is 0 Å². The number of nitrogens with zero attached hydrogens (tertiary/aromatic N) is 1. The molecule has 1 aromatic carbocycles. The lowest BCUT2D eigenvalue weighted by atomic mass is 10.1. The summed E-state index contributed by atoms with van der Waals surface area (Å²) < 4.78 is 31.7. The minimum Gasteiger partial charge on any atom is -0.381 e. The molecule has 22 heavy (non-hydrogen) atoms. The third kappa shape index (κ3) is 3.48. The second kappa shape index (κ2) is 6.50. The van der Waals surface area contributed by atoms with Crippen LogP contribution in [0, 0.1) is 17.6 Å². The molecule has 0 spiro atoms. The standard InChI is InChI=1S/C15H14F2N2O2S/c16-11-2-1-9(13(17)6-11)5-12-7-18-15(22-12)19-14(20)10-3-4-21-8-10/h1-2,6-7,10H,3-5,8H2,(H,18,19,20). The molecule has 1 atom stereocenters. The number of thiazole rings is 1.